The van der Waals surface area contributed by atoms with Gasteiger partial charge >= 0.3 is 6.09 Å². The summed E-state index contributed by atoms with van der Waals surface area (Å²) < 4.78 is 56.9. The van der Waals surface area contributed by atoms with Crippen LogP contribution in [0.4, 0.5) is 14.9 Å². The van der Waals surface area contributed by atoms with Crippen LogP contribution in [0.5, 0.6) is 5.88 Å². The van der Waals surface area contributed by atoms with Gasteiger partial charge in [0.05, 0.1) is 18.0 Å². The number of amides is 2. The Morgan fingerprint density at radius 3 is 2.31 bits per heavy atom. The van der Waals surface area contributed by atoms with Gasteiger partial charge in [-0.15, -0.1) is 0 Å². The molecular formula is C41H47ClFN5O6S. The number of halogens is 2. The zero-order chi connectivity index (χ0) is 39.5. The summed E-state index contributed by atoms with van der Waals surface area (Å²) in [6, 6.07) is 21.1. The maximum atomic E-state index is 15.8. The number of pyridine rings is 1. The number of anilines is 1. The van der Waals surface area contributed by atoms with E-state index < -0.39 is 56.9 Å². The fourth-order valence-electron chi connectivity index (χ4n) is 7.11. The molecule has 292 valence electrons. The minimum absolute atomic E-state index is 0.0428. The van der Waals surface area contributed by atoms with Gasteiger partial charge in [-0.2, -0.15) is 4.31 Å². The van der Waals surface area contributed by atoms with Crippen molar-refractivity contribution in [2.75, 3.05) is 32.1 Å². The molecule has 0 bridgehead atoms. The number of carbonyl (C=O) groups excluding carboxylic acids is 2. The van der Waals surface area contributed by atoms with Gasteiger partial charge in [0.15, 0.2) is 0 Å². The van der Waals surface area contributed by atoms with Crippen LogP contribution >= 0.6 is 11.6 Å². The number of rotatable bonds is 11. The van der Waals surface area contributed by atoms with E-state index in [0.717, 1.165) is 18.4 Å². The Balaban J connectivity index is 1.29. The predicted molar refractivity (Wildman–Crippen MR) is 209 cm³/mol. The third-order valence-corrected chi connectivity index (χ3v) is 12.3. The Morgan fingerprint density at radius 2 is 1.69 bits per heavy atom. The lowest BCUT2D eigenvalue weighted by atomic mass is 9.85. The van der Waals surface area contributed by atoms with Crippen molar-refractivity contribution < 1.29 is 31.9 Å². The summed E-state index contributed by atoms with van der Waals surface area (Å²) in [5.74, 6) is -1.40. The number of ether oxygens (including phenoxy) is 2. The van der Waals surface area contributed by atoms with Crippen molar-refractivity contribution >= 4 is 39.3 Å². The van der Waals surface area contributed by atoms with E-state index in [1.54, 1.807) is 105 Å². The third kappa shape index (κ3) is 9.46. The van der Waals surface area contributed by atoms with Crippen molar-refractivity contribution in [2.24, 2.45) is 11.1 Å². The lowest BCUT2D eigenvalue weighted by Crippen LogP contribution is -2.46. The quantitative estimate of drug-likeness (QED) is 0.165. The van der Waals surface area contributed by atoms with Crippen molar-refractivity contribution in [2.45, 2.75) is 75.0 Å². The number of sulfonamides is 1. The molecule has 55 heavy (non-hydrogen) atoms. The number of hydrogen-bond donors (Lipinski definition) is 2. The Morgan fingerprint density at radius 1 is 1.00 bits per heavy atom. The van der Waals surface area contributed by atoms with Gasteiger partial charge in [-0.25, -0.2) is 22.6 Å². The number of carbonyl (C=O) groups is 2. The van der Waals surface area contributed by atoms with Gasteiger partial charge < -0.3 is 25.4 Å². The zero-order valence-corrected chi connectivity index (χ0v) is 32.9. The summed E-state index contributed by atoms with van der Waals surface area (Å²) in [4.78, 5) is 33.6. The van der Waals surface area contributed by atoms with Crippen molar-refractivity contribution in [1.82, 2.24) is 14.2 Å². The highest BCUT2D eigenvalue weighted by Gasteiger charge is 2.52. The summed E-state index contributed by atoms with van der Waals surface area (Å²) in [5, 5.41) is 3.37. The number of benzene rings is 3. The van der Waals surface area contributed by atoms with Gasteiger partial charge in [-0.1, -0.05) is 54.1 Å². The van der Waals surface area contributed by atoms with Crippen LogP contribution in [0.25, 0.3) is 0 Å². The van der Waals surface area contributed by atoms with Crippen molar-refractivity contribution in [3.63, 3.8) is 0 Å². The van der Waals surface area contributed by atoms with E-state index in [2.05, 4.69) is 10.3 Å². The molecule has 1 saturated carbocycles. The second-order valence-corrected chi connectivity index (χ2v) is 17.7. The molecule has 2 aliphatic rings. The Bertz CT molecular complexity index is 2090. The summed E-state index contributed by atoms with van der Waals surface area (Å²) in [5.41, 5.74) is 7.28. The largest absolute Gasteiger partial charge is 0.481 e. The molecule has 1 saturated heterocycles. The van der Waals surface area contributed by atoms with Gasteiger partial charge in [0.2, 0.25) is 21.8 Å². The first-order valence-corrected chi connectivity index (χ1v) is 20.0. The normalized spacial score (nSPS) is 18.2. The smallest absolute Gasteiger partial charge is 0.410 e. The molecule has 6 rings (SSSR count). The number of nitrogens with zero attached hydrogens (tertiary/aromatic N) is 3. The van der Waals surface area contributed by atoms with Crippen LogP contribution in [0.3, 0.4) is 0 Å². The van der Waals surface area contributed by atoms with E-state index in [9.17, 15) is 18.0 Å². The van der Waals surface area contributed by atoms with Crippen LogP contribution in [0.1, 0.15) is 62.6 Å². The Kier molecular flexibility index (Phi) is 11.9. The monoisotopic (exact) mass is 791 g/mol. The fourth-order valence-corrected chi connectivity index (χ4v) is 9.02. The molecule has 11 nitrogen and oxygen atoms in total. The van der Waals surface area contributed by atoms with E-state index in [1.807, 2.05) is 0 Å². The molecule has 1 aliphatic carbocycles. The average molecular weight is 792 g/mol. The van der Waals surface area contributed by atoms with Gasteiger partial charge in [-0.3, -0.25) is 4.79 Å². The summed E-state index contributed by atoms with van der Waals surface area (Å²) >= 11 is 6.17. The average Bonchev–Trinajstić information content (AvgIpc) is 3.95. The molecule has 14 heteroatoms. The first-order valence-electron chi connectivity index (χ1n) is 18.2. The second-order valence-electron chi connectivity index (χ2n) is 15.4. The Labute approximate surface area is 327 Å². The molecule has 2 heterocycles. The Hall–Kier alpha value is -4.56. The van der Waals surface area contributed by atoms with Gasteiger partial charge in [-0.05, 0) is 94.0 Å². The topological polar surface area (TPSA) is 144 Å². The van der Waals surface area contributed by atoms with Crippen molar-refractivity contribution in [1.29, 1.82) is 0 Å². The maximum absolute atomic E-state index is 15.8. The van der Waals surface area contributed by atoms with Crippen molar-refractivity contribution in [3.8, 4) is 5.88 Å². The summed E-state index contributed by atoms with van der Waals surface area (Å²) in [6.07, 6.45) is 2.76. The zero-order valence-electron chi connectivity index (χ0n) is 31.4. The van der Waals surface area contributed by atoms with Crippen LogP contribution in [0.15, 0.2) is 96.0 Å². The van der Waals surface area contributed by atoms with E-state index in [4.69, 9.17) is 26.8 Å². The van der Waals surface area contributed by atoms with Gasteiger partial charge in [0, 0.05) is 65.5 Å². The molecule has 1 aromatic heterocycles. The molecule has 2 fully saturated rings. The first kappa shape index (κ1) is 40.1. The number of aromatic nitrogens is 1. The van der Waals surface area contributed by atoms with E-state index >= 15 is 4.39 Å². The molecule has 0 unspecified atom stereocenters. The molecule has 1 aliphatic heterocycles. The van der Waals surface area contributed by atoms with Crippen LogP contribution in [-0.4, -0.2) is 79.0 Å². The molecule has 2 amide bonds. The summed E-state index contributed by atoms with van der Waals surface area (Å²) in [7, 11) is -2.52. The maximum Gasteiger partial charge on any atom is 0.410 e. The molecule has 4 aromatic rings. The minimum Gasteiger partial charge on any atom is -0.481 e. The number of hydrogen-bond acceptors (Lipinski definition) is 8. The SMILES string of the molecule is COc1ccc([C@H](c2ccc(Cl)cc2)[C@H](N)C(=O)Nc2cccc(F)c2CC[C@H]2CN(C(=O)OC(C)(C)C)CC3(CC3)CN2S(=O)(=O)c2ccccc2)cn1. The van der Waals surface area contributed by atoms with Gasteiger partial charge in [0.1, 0.15) is 11.4 Å². The van der Waals surface area contributed by atoms with E-state index in [1.165, 1.54) is 23.5 Å². The number of methoxy groups -OCH3 is 1. The third-order valence-electron chi connectivity index (χ3n) is 10.1. The van der Waals surface area contributed by atoms with E-state index in [-0.39, 0.29) is 42.1 Å². The highest BCUT2D eigenvalue weighted by atomic mass is 35.5. The fraction of sp³-hybridized carbons (Fsp3) is 0.390. The highest BCUT2D eigenvalue weighted by molar-refractivity contribution is 7.89. The molecule has 3 aromatic carbocycles. The molecule has 0 radical (unpaired) electrons. The minimum atomic E-state index is -4.02. The lowest BCUT2D eigenvalue weighted by molar-refractivity contribution is -0.117. The van der Waals surface area contributed by atoms with Crippen molar-refractivity contribution in [3.05, 3.63) is 119 Å². The molecule has 1 spiro atoms. The van der Waals surface area contributed by atoms with Crippen LogP contribution in [0, 0.1) is 11.2 Å². The second kappa shape index (κ2) is 16.3. The molecule has 3 N–H and O–H groups in total. The van der Waals surface area contributed by atoms with Crippen LogP contribution in [0.2, 0.25) is 5.02 Å². The predicted octanol–water partition coefficient (Wildman–Crippen LogP) is 7.00. The molecular weight excluding hydrogens is 745 g/mol. The first-order chi connectivity index (χ1) is 26.1. The van der Waals surface area contributed by atoms with Crippen LogP contribution in [-0.2, 0) is 26.0 Å². The lowest BCUT2D eigenvalue weighted by Gasteiger charge is -2.32. The van der Waals surface area contributed by atoms with Crippen LogP contribution < -0.4 is 15.8 Å². The van der Waals surface area contributed by atoms with Gasteiger partial charge in [0.25, 0.3) is 0 Å². The number of nitrogens with two attached hydrogens (primary N) is 1. The summed E-state index contributed by atoms with van der Waals surface area (Å²) in [6.45, 7) is 5.94. The highest BCUT2D eigenvalue weighted by Crippen LogP contribution is 2.50. The van der Waals surface area contributed by atoms with E-state index in [0.29, 0.717) is 23.0 Å². The molecule has 3 atom stereocenters. The number of nitrogens with one attached hydrogen (secondary N) is 1. The standard InChI is InChI=1S/C41H47ClFN5O6S/c1-40(2,3)54-39(50)47-24-30(48(26-41(25-47)21-22-41)55(51,52)31-9-6-5-7-10-31)18-19-32-33(43)11-8-12-34(32)46-38(49)37(44)36(27-13-16-29(42)17-14-27)28-15-20-35(53-4)45-23-28/h5-17,20,23,30,36-37H,18-19,21-22,24-26,44H2,1-4H3,(H,46,49)/t30-,36-,37-/m0/s1.